The zero-order valence-electron chi connectivity index (χ0n) is 17.0. The molecule has 2 aromatic rings. The molecule has 0 saturated carbocycles. The van der Waals surface area contributed by atoms with Crippen molar-refractivity contribution in [2.75, 3.05) is 26.3 Å². The van der Waals surface area contributed by atoms with Crippen molar-refractivity contribution < 1.29 is 22.7 Å². The first-order valence-corrected chi connectivity index (χ1v) is 12.4. The number of nitrogens with zero attached hydrogens (tertiary/aromatic N) is 1. The molecule has 3 rings (SSSR count). The summed E-state index contributed by atoms with van der Waals surface area (Å²) in [5.41, 5.74) is 1.04. The Bertz CT molecular complexity index is 959. The van der Waals surface area contributed by atoms with Crippen LogP contribution in [-0.4, -0.2) is 45.6 Å². The second-order valence-electron chi connectivity index (χ2n) is 7.00. The number of aromatic nitrogens is 1. The minimum absolute atomic E-state index is 0.0288. The number of unbranched alkanes of at least 4 members (excludes halogenated alkanes) is 1. The van der Waals surface area contributed by atoms with Gasteiger partial charge in [-0.25, -0.2) is 18.1 Å². The van der Waals surface area contributed by atoms with E-state index >= 15 is 0 Å². The van der Waals surface area contributed by atoms with Crippen LogP contribution in [0.3, 0.4) is 0 Å². The average Bonchev–Trinajstić information content (AvgIpc) is 2.98. The van der Waals surface area contributed by atoms with E-state index in [2.05, 4.69) is 15.0 Å². The second kappa shape index (κ2) is 10.7. The van der Waals surface area contributed by atoms with Gasteiger partial charge >= 0.3 is 0 Å². The van der Waals surface area contributed by atoms with Crippen LogP contribution >= 0.6 is 11.3 Å². The number of aryl methyl sites for hydroxylation is 2. The van der Waals surface area contributed by atoms with Crippen LogP contribution in [-0.2, 0) is 21.2 Å². The standard InChI is InChI=1S/C20H27N3O5S2/c1-15-14-29-20(23-15)5-2-3-9-21-19(24)8-10-22-30(25,26)16-6-7-17-18(13-16)28-12-4-11-27-17/h6-7,13-14,22H,2-5,8-12H2,1H3,(H,21,24). The Morgan fingerprint density at radius 3 is 2.73 bits per heavy atom. The molecule has 0 spiro atoms. The molecule has 1 aromatic carbocycles. The maximum atomic E-state index is 12.5. The lowest BCUT2D eigenvalue weighted by Crippen LogP contribution is -2.31. The number of carbonyl (C=O) groups is 1. The molecule has 2 heterocycles. The average molecular weight is 454 g/mol. The van der Waals surface area contributed by atoms with E-state index in [1.807, 2.05) is 12.3 Å². The van der Waals surface area contributed by atoms with Gasteiger partial charge in [-0.15, -0.1) is 11.3 Å². The van der Waals surface area contributed by atoms with Crippen molar-refractivity contribution >= 4 is 27.3 Å². The van der Waals surface area contributed by atoms with Gasteiger partial charge in [0.25, 0.3) is 0 Å². The number of hydrogen-bond acceptors (Lipinski definition) is 7. The van der Waals surface area contributed by atoms with Crippen molar-refractivity contribution in [1.82, 2.24) is 15.0 Å². The van der Waals surface area contributed by atoms with E-state index in [-0.39, 0.29) is 23.8 Å². The zero-order chi connectivity index (χ0) is 21.4. The monoisotopic (exact) mass is 453 g/mol. The third-order valence-electron chi connectivity index (χ3n) is 4.48. The fourth-order valence-electron chi connectivity index (χ4n) is 2.93. The lowest BCUT2D eigenvalue weighted by atomic mass is 10.2. The normalized spacial score (nSPS) is 13.6. The Balaban J connectivity index is 1.36. The van der Waals surface area contributed by atoms with Gasteiger partial charge in [-0.2, -0.15) is 0 Å². The van der Waals surface area contributed by atoms with Gasteiger partial charge in [0.1, 0.15) is 0 Å². The smallest absolute Gasteiger partial charge is 0.240 e. The van der Waals surface area contributed by atoms with Crippen molar-refractivity contribution in [3.8, 4) is 11.5 Å². The quantitative estimate of drug-likeness (QED) is 0.535. The van der Waals surface area contributed by atoms with Crippen LogP contribution in [0, 0.1) is 6.92 Å². The second-order valence-corrected chi connectivity index (χ2v) is 9.71. The van der Waals surface area contributed by atoms with Crippen LogP contribution < -0.4 is 19.5 Å². The number of sulfonamides is 1. The molecule has 0 bridgehead atoms. The SMILES string of the molecule is Cc1csc(CCCCNC(=O)CCNS(=O)(=O)c2ccc3c(c2)OCCCO3)n1. The third kappa shape index (κ3) is 6.68. The van der Waals surface area contributed by atoms with Crippen molar-refractivity contribution in [1.29, 1.82) is 0 Å². The Hall–Kier alpha value is -2.17. The summed E-state index contributed by atoms with van der Waals surface area (Å²) < 4.78 is 38.5. The minimum atomic E-state index is -3.73. The zero-order valence-corrected chi connectivity index (χ0v) is 18.6. The molecule has 8 nitrogen and oxygen atoms in total. The number of thiazole rings is 1. The molecule has 1 aliphatic heterocycles. The highest BCUT2D eigenvalue weighted by molar-refractivity contribution is 7.89. The van der Waals surface area contributed by atoms with Crippen molar-refractivity contribution in [3.05, 3.63) is 34.3 Å². The van der Waals surface area contributed by atoms with Gasteiger partial charge in [0.15, 0.2) is 11.5 Å². The van der Waals surface area contributed by atoms with Gasteiger partial charge < -0.3 is 14.8 Å². The molecule has 0 fully saturated rings. The Morgan fingerprint density at radius 1 is 1.17 bits per heavy atom. The number of amides is 1. The molecule has 2 N–H and O–H groups in total. The lowest BCUT2D eigenvalue weighted by molar-refractivity contribution is -0.120. The van der Waals surface area contributed by atoms with Crippen LogP contribution in [0.25, 0.3) is 0 Å². The van der Waals surface area contributed by atoms with Crippen LogP contribution in [0.2, 0.25) is 0 Å². The topological polar surface area (TPSA) is 107 Å². The third-order valence-corrected chi connectivity index (χ3v) is 6.96. The molecule has 0 radical (unpaired) electrons. The molecule has 0 atom stereocenters. The fraction of sp³-hybridized carbons (Fsp3) is 0.500. The molecule has 30 heavy (non-hydrogen) atoms. The van der Waals surface area contributed by atoms with E-state index in [4.69, 9.17) is 9.47 Å². The number of carbonyl (C=O) groups excluding carboxylic acids is 1. The Morgan fingerprint density at radius 2 is 1.97 bits per heavy atom. The van der Waals surface area contributed by atoms with Gasteiger partial charge in [0.2, 0.25) is 15.9 Å². The van der Waals surface area contributed by atoms with Gasteiger partial charge in [0, 0.05) is 43.1 Å². The Labute approximate surface area is 181 Å². The number of rotatable bonds is 10. The molecule has 1 amide bonds. The molecule has 10 heteroatoms. The highest BCUT2D eigenvalue weighted by atomic mass is 32.2. The van der Waals surface area contributed by atoms with E-state index in [1.54, 1.807) is 17.4 Å². The molecule has 1 aliphatic rings. The van der Waals surface area contributed by atoms with Crippen LogP contribution in [0.5, 0.6) is 11.5 Å². The van der Waals surface area contributed by atoms with E-state index in [1.165, 1.54) is 12.1 Å². The lowest BCUT2D eigenvalue weighted by Gasteiger charge is -2.11. The molecular formula is C20H27N3O5S2. The van der Waals surface area contributed by atoms with Crippen LogP contribution in [0.4, 0.5) is 0 Å². The largest absolute Gasteiger partial charge is 0.490 e. The molecule has 0 unspecified atom stereocenters. The highest BCUT2D eigenvalue weighted by Crippen LogP contribution is 2.31. The van der Waals surface area contributed by atoms with Gasteiger partial charge in [-0.05, 0) is 38.3 Å². The first kappa shape index (κ1) is 22.5. The summed E-state index contributed by atoms with van der Waals surface area (Å²) in [5, 5.41) is 5.97. The Kier molecular flexibility index (Phi) is 8.06. The molecule has 164 valence electrons. The van der Waals surface area contributed by atoms with Gasteiger partial charge in [-0.3, -0.25) is 4.79 Å². The van der Waals surface area contributed by atoms with Crippen molar-refractivity contribution in [2.45, 2.75) is 43.9 Å². The number of hydrogen-bond donors (Lipinski definition) is 2. The number of ether oxygens (including phenoxy) is 2. The highest BCUT2D eigenvalue weighted by Gasteiger charge is 2.18. The molecule has 1 aromatic heterocycles. The first-order valence-electron chi connectivity index (χ1n) is 10.0. The van der Waals surface area contributed by atoms with E-state index < -0.39 is 10.0 Å². The molecule has 0 saturated heterocycles. The van der Waals surface area contributed by atoms with Gasteiger partial charge in [-0.1, -0.05) is 0 Å². The predicted octanol–water partition coefficient (Wildman–Crippen LogP) is 2.42. The summed E-state index contributed by atoms with van der Waals surface area (Å²) in [7, 11) is -3.73. The van der Waals surface area contributed by atoms with Crippen molar-refractivity contribution in [3.63, 3.8) is 0 Å². The van der Waals surface area contributed by atoms with Gasteiger partial charge in [0.05, 0.1) is 23.1 Å². The predicted molar refractivity (Wildman–Crippen MR) is 115 cm³/mol. The number of benzene rings is 1. The fourth-order valence-corrected chi connectivity index (χ4v) is 4.79. The first-order chi connectivity index (χ1) is 14.4. The van der Waals surface area contributed by atoms with Crippen molar-refractivity contribution in [2.24, 2.45) is 0 Å². The summed E-state index contributed by atoms with van der Waals surface area (Å²) in [5.74, 6) is 0.776. The van der Waals surface area contributed by atoms with Crippen LogP contribution in [0.1, 0.15) is 36.4 Å². The summed E-state index contributed by atoms with van der Waals surface area (Å²) in [6, 6.07) is 4.52. The summed E-state index contributed by atoms with van der Waals surface area (Å²) in [6.45, 7) is 3.59. The van der Waals surface area contributed by atoms with E-state index in [0.717, 1.165) is 36.4 Å². The van der Waals surface area contributed by atoms with E-state index in [9.17, 15) is 13.2 Å². The number of fused-ring (bicyclic) bond motifs is 1. The maximum absolute atomic E-state index is 12.5. The summed E-state index contributed by atoms with van der Waals surface area (Å²) in [4.78, 5) is 16.4. The molecule has 0 aliphatic carbocycles. The molecular weight excluding hydrogens is 426 g/mol. The summed E-state index contributed by atoms with van der Waals surface area (Å²) >= 11 is 1.66. The van der Waals surface area contributed by atoms with E-state index in [0.29, 0.717) is 31.3 Å². The maximum Gasteiger partial charge on any atom is 0.240 e. The summed E-state index contributed by atoms with van der Waals surface area (Å²) in [6.07, 6.45) is 3.53. The van der Waals surface area contributed by atoms with Crippen LogP contribution in [0.15, 0.2) is 28.5 Å². The number of nitrogens with one attached hydrogen (secondary N) is 2. The minimum Gasteiger partial charge on any atom is -0.490 e.